The minimum atomic E-state index is -0.969. The monoisotopic (exact) mass is 561 g/mol. The van der Waals surface area contributed by atoms with Gasteiger partial charge in [0.25, 0.3) is 0 Å². The minimum Gasteiger partial charge on any atom is -0.481 e. The number of rotatable bonds is 33. The molecule has 0 fully saturated rings. The molecule has 0 aliphatic rings. The van der Waals surface area contributed by atoms with Gasteiger partial charge >= 0.3 is 5.97 Å². The normalized spacial score (nSPS) is 11.2. The lowest BCUT2D eigenvalue weighted by Crippen LogP contribution is -2.25. The highest BCUT2D eigenvalue weighted by atomic mass is 16.6. The molecule has 0 spiro atoms. The van der Waals surface area contributed by atoms with E-state index in [1.807, 2.05) is 0 Å². The van der Waals surface area contributed by atoms with E-state index in [1.165, 1.54) is 77.0 Å². The number of carbonyl (C=O) groups excluding carboxylic acids is 1. The zero-order valence-electron chi connectivity index (χ0n) is 24.9. The quantitative estimate of drug-likeness (QED) is 0.101. The first-order valence-electron chi connectivity index (χ1n) is 15.5. The van der Waals surface area contributed by atoms with Crippen molar-refractivity contribution in [3.63, 3.8) is 0 Å². The van der Waals surface area contributed by atoms with Crippen molar-refractivity contribution in [2.75, 3.05) is 72.6 Å². The number of hydrogen-bond acceptors (Lipinski definition) is 7. The Kier molecular flexibility index (Phi) is 31.9. The SMILES string of the molecule is CCCCCCCCCCCCCCCOCCOCCOCCOCCOCCCNC(=O)CCC(=O)O. The molecule has 9 nitrogen and oxygen atoms in total. The summed E-state index contributed by atoms with van der Waals surface area (Å²) in [4.78, 5) is 21.7. The van der Waals surface area contributed by atoms with E-state index in [-0.39, 0.29) is 18.7 Å². The molecule has 0 saturated heterocycles. The van der Waals surface area contributed by atoms with E-state index in [4.69, 9.17) is 28.8 Å². The summed E-state index contributed by atoms with van der Waals surface area (Å²) in [6.45, 7) is 8.40. The fraction of sp³-hybridized carbons (Fsp3) is 0.933. The maximum absolute atomic E-state index is 11.3. The summed E-state index contributed by atoms with van der Waals surface area (Å²) in [7, 11) is 0. The summed E-state index contributed by atoms with van der Waals surface area (Å²) in [5, 5.41) is 11.2. The predicted molar refractivity (Wildman–Crippen MR) is 154 cm³/mol. The topological polar surface area (TPSA) is 113 Å². The van der Waals surface area contributed by atoms with Crippen LogP contribution in [0.3, 0.4) is 0 Å². The second-order valence-corrected chi connectivity index (χ2v) is 9.90. The van der Waals surface area contributed by atoms with Crippen LogP contribution in [-0.2, 0) is 33.3 Å². The third-order valence-electron chi connectivity index (χ3n) is 6.23. The number of nitrogens with one attached hydrogen (secondary N) is 1. The van der Waals surface area contributed by atoms with E-state index < -0.39 is 5.97 Å². The Labute approximate surface area is 238 Å². The van der Waals surface area contributed by atoms with Gasteiger partial charge in [-0.1, -0.05) is 84.0 Å². The maximum atomic E-state index is 11.3. The van der Waals surface area contributed by atoms with Gasteiger partial charge in [0, 0.05) is 26.2 Å². The van der Waals surface area contributed by atoms with Gasteiger partial charge in [0.2, 0.25) is 5.91 Å². The molecule has 0 aliphatic heterocycles. The van der Waals surface area contributed by atoms with Crippen LogP contribution in [0.1, 0.15) is 110 Å². The molecular weight excluding hydrogens is 502 g/mol. The highest BCUT2D eigenvalue weighted by Crippen LogP contribution is 2.12. The van der Waals surface area contributed by atoms with Gasteiger partial charge in [-0.2, -0.15) is 0 Å². The van der Waals surface area contributed by atoms with Crippen LogP contribution in [-0.4, -0.2) is 89.6 Å². The van der Waals surface area contributed by atoms with Gasteiger partial charge in [-0.15, -0.1) is 0 Å². The molecular formula is C30H59NO8. The Bertz CT molecular complexity index is 521. The Hall–Kier alpha value is -1.26. The zero-order valence-corrected chi connectivity index (χ0v) is 24.9. The van der Waals surface area contributed by atoms with Crippen LogP contribution in [0.4, 0.5) is 0 Å². The van der Waals surface area contributed by atoms with Crippen molar-refractivity contribution < 1.29 is 38.4 Å². The first kappa shape index (κ1) is 37.7. The summed E-state index contributed by atoms with van der Waals surface area (Å²) in [5.74, 6) is -1.22. The number of unbranched alkanes of at least 4 members (excludes halogenated alkanes) is 12. The molecule has 0 bridgehead atoms. The number of carboxylic acid groups (broad SMARTS) is 1. The summed E-state index contributed by atoms with van der Waals surface area (Å²) >= 11 is 0. The van der Waals surface area contributed by atoms with Gasteiger partial charge in [0.1, 0.15) is 0 Å². The number of aliphatic carboxylic acids is 1. The van der Waals surface area contributed by atoms with E-state index in [0.29, 0.717) is 72.4 Å². The van der Waals surface area contributed by atoms with Crippen LogP contribution in [0.25, 0.3) is 0 Å². The molecule has 39 heavy (non-hydrogen) atoms. The molecule has 0 heterocycles. The van der Waals surface area contributed by atoms with Gasteiger partial charge in [-0.3, -0.25) is 9.59 Å². The lowest BCUT2D eigenvalue weighted by Gasteiger charge is -2.08. The molecule has 9 heteroatoms. The molecule has 0 saturated carbocycles. The fourth-order valence-corrected chi connectivity index (χ4v) is 3.91. The van der Waals surface area contributed by atoms with Crippen LogP contribution in [0.5, 0.6) is 0 Å². The molecule has 1 amide bonds. The van der Waals surface area contributed by atoms with Gasteiger partial charge in [0.05, 0.1) is 59.3 Å². The Morgan fingerprint density at radius 1 is 0.487 bits per heavy atom. The standard InChI is InChI=1S/C30H59NO8/c1-2-3-4-5-6-7-8-9-10-11-12-13-14-19-35-21-23-37-25-27-39-28-26-38-24-22-36-20-15-18-31-29(32)16-17-30(33)34/h2-28H2,1H3,(H,31,32)(H,33,34). The first-order chi connectivity index (χ1) is 19.2. The van der Waals surface area contributed by atoms with E-state index in [2.05, 4.69) is 12.2 Å². The molecule has 0 aromatic rings. The van der Waals surface area contributed by atoms with E-state index in [1.54, 1.807) is 0 Å². The third-order valence-corrected chi connectivity index (χ3v) is 6.23. The molecule has 0 aliphatic carbocycles. The molecule has 0 atom stereocenters. The van der Waals surface area contributed by atoms with Crippen LogP contribution in [0.15, 0.2) is 0 Å². The average molecular weight is 562 g/mol. The molecule has 0 radical (unpaired) electrons. The smallest absolute Gasteiger partial charge is 0.303 e. The largest absolute Gasteiger partial charge is 0.481 e. The number of hydrogen-bond donors (Lipinski definition) is 2. The number of carboxylic acids is 1. The molecule has 0 rings (SSSR count). The number of carbonyl (C=O) groups is 2. The lowest BCUT2D eigenvalue weighted by molar-refractivity contribution is -0.138. The number of amides is 1. The van der Waals surface area contributed by atoms with Gasteiger partial charge in [-0.05, 0) is 12.8 Å². The summed E-state index contributed by atoms with van der Waals surface area (Å²) < 4.78 is 27.5. The van der Waals surface area contributed by atoms with Crippen molar-refractivity contribution in [2.45, 2.75) is 110 Å². The Balaban J connectivity index is 3.07. The second-order valence-electron chi connectivity index (χ2n) is 9.90. The fourth-order valence-electron chi connectivity index (χ4n) is 3.91. The van der Waals surface area contributed by atoms with Crippen molar-refractivity contribution in [3.05, 3.63) is 0 Å². The lowest BCUT2D eigenvalue weighted by atomic mass is 10.0. The van der Waals surface area contributed by atoms with Crippen LogP contribution < -0.4 is 5.32 Å². The predicted octanol–water partition coefficient (Wildman–Crippen LogP) is 5.53. The van der Waals surface area contributed by atoms with Gasteiger partial charge in [0.15, 0.2) is 0 Å². The Morgan fingerprint density at radius 2 is 0.846 bits per heavy atom. The Morgan fingerprint density at radius 3 is 1.26 bits per heavy atom. The first-order valence-corrected chi connectivity index (χ1v) is 15.5. The maximum Gasteiger partial charge on any atom is 0.303 e. The highest BCUT2D eigenvalue weighted by molar-refractivity contribution is 5.80. The minimum absolute atomic E-state index is 0.00616. The summed E-state index contributed by atoms with van der Waals surface area (Å²) in [5.41, 5.74) is 0. The average Bonchev–Trinajstić information content (AvgIpc) is 2.93. The summed E-state index contributed by atoms with van der Waals surface area (Å²) in [6.07, 6.45) is 18.2. The van der Waals surface area contributed by atoms with E-state index in [9.17, 15) is 9.59 Å². The molecule has 232 valence electrons. The van der Waals surface area contributed by atoms with Gasteiger partial charge in [-0.25, -0.2) is 0 Å². The van der Waals surface area contributed by atoms with E-state index >= 15 is 0 Å². The van der Waals surface area contributed by atoms with Crippen molar-refractivity contribution in [3.8, 4) is 0 Å². The molecule has 0 unspecified atom stereocenters. The van der Waals surface area contributed by atoms with Crippen LogP contribution >= 0.6 is 0 Å². The molecule has 0 aromatic carbocycles. The second kappa shape index (κ2) is 32.9. The van der Waals surface area contributed by atoms with Gasteiger partial charge < -0.3 is 34.1 Å². The van der Waals surface area contributed by atoms with Crippen molar-refractivity contribution in [2.24, 2.45) is 0 Å². The molecule has 2 N–H and O–H groups in total. The molecule has 0 aromatic heterocycles. The van der Waals surface area contributed by atoms with Crippen LogP contribution in [0, 0.1) is 0 Å². The number of ether oxygens (including phenoxy) is 5. The van der Waals surface area contributed by atoms with E-state index in [0.717, 1.165) is 13.0 Å². The van der Waals surface area contributed by atoms with Crippen molar-refractivity contribution in [1.29, 1.82) is 0 Å². The zero-order chi connectivity index (χ0) is 28.5. The van der Waals surface area contributed by atoms with Crippen LogP contribution in [0.2, 0.25) is 0 Å². The highest BCUT2D eigenvalue weighted by Gasteiger charge is 2.04. The third kappa shape index (κ3) is 34.7. The van der Waals surface area contributed by atoms with Crippen molar-refractivity contribution >= 4 is 11.9 Å². The van der Waals surface area contributed by atoms with Crippen molar-refractivity contribution in [1.82, 2.24) is 5.32 Å². The summed E-state index contributed by atoms with van der Waals surface area (Å²) in [6, 6.07) is 0.